The minimum atomic E-state index is -0.838. The Morgan fingerprint density at radius 1 is 0.605 bits per heavy atom. The summed E-state index contributed by atoms with van der Waals surface area (Å²) in [6, 6.07) is 45.5. The van der Waals surface area contributed by atoms with E-state index in [2.05, 4.69) is 120 Å². The van der Waals surface area contributed by atoms with Crippen molar-refractivity contribution in [1.82, 2.24) is 20.2 Å². The summed E-state index contributed by atoms with van der Waals surface area (Å²) < 4.78 is 1.94. The Balaban J connectivity index is 1.70. The van der Waals surface area contributed by atoms with Crippen molar-refractivity contribution in [2.45, 2.75) is 12.5 Å². The smallest absolute Gasteiger partial charge is 0.184 e. The van der Waals surface area contributed by atoms with Crippen LogP contribution in [-0.2, 0) is 5.54 Å². The molecule has 0 aliphatic rings. The Bertz CT molecular complexity index is 1570. The molecule has 0 aliphatic carbocycles. The van der Waals surface area contributed by atoms with Gasteiger partial charge in [0, 0.05) is 10.6 Å². The van der Waals surface area contributed by atoms with E-state index in [9.17, 15) is 0 Å². The van der Waals surface area contributed by atoms with Crippen LogP contribution in [0.2, 0.25) is 5.02 Å². The molecule has 184 valence electrons. The van der Waals surface area contributed by atoms with Crippen molar-refractivity contribution in [3.63, 3.8) is 0 Å². The van der Waals surface area contributed by atoms with Crippen LogP contribution in [-0.4, -0.2) is 20.2 Å². The predicted octanol–water partition coefficient (Wildman–Crippen LogP) is 7.81. The zero-order valence-electron chi connectivity index (χ0n) is 20.9. The SMILES string of the molecule is Cc1ccc(-c2ccc(Cl)cc2-c2nnnn2C(c2ccccc2)(c2ccccc2)c2ccccc2)cc1. The fourth-order valence-electron chi connectivity index (χ4n) is 5.17. The molecule has 0 saturated carbocycles. The molecular formula is C33H25ClN4. The third-order valence-corrected chi connectivity index (χ3v) is 7.18. The number of halogens is 1. The third kappa shape index (κ3) is 4.09. The van der Waals surface area contributed by atoms with Gasteiger partial charge < -0.3 is 0 Å². The summed E-state index contributed by atoms with van der Waals surface area (Å²) >= 11 is 6.59. The van der Waals surface area contributed by atoms with Crippen molar-refractivity contribution in [2.75, 3.05) is 0 Å². The molecular weight excluding hydrogens is 488 g/mol. The van der Waals surface area contributed by atoms with Gasteiger partial charge in [0.25, 0.3) is 0 Å². The molecule has 38 heavy (non-hydrogen) atoms. The number of rotatable bonds is 6. The zero-order chi connectivity index (χ0) is 26.0. The van der Waals surface area contributed by atoms with E-state index in [1.54, 1.807) is 0 Å². The Hall–Kier alpha value is -4.54. The Labute approximate surface area is 227 Å². The molecule has 0 radical (unpaired) electrons. The van der Waals surface area contributed by atoms with Crippen LogP contribution in [0.3, 0.4) is 0 Å². The van der Waals surface area contributed by atoms with Crippen LogP contribution in [0.15, 0.2) is 133 Å². The number of hydrogen-bond acceptors (Lipinski definition) is 3. The number of hydrogen-bond donors (Lipinski definition) is 0. The Morgan fingerprint density at radius 2 is 1.13 bits per heavy atom. The molecule has 6 rings (SSSR count). The van der Waals surface area contributed by atoms with E-state index in [0.29, 0.717) is 10.8 Å². The molecule has 6 aromatic rings. The van der Waals surface area contributed by atoms with Gasteiger partial charge in [0.15, 0.2) is 5.82 Å². The standard InChI is InChI=1S/C33H25ClN4/c1-24-17-19-25(20-18-24)30-22-21-29(34)23-31(30)32-35-36-37-38(32)33(26-11-5-2-6-12-26,27-13-7-3-8-14-27)28-15-9-4-10-16-28/h2-23H,1H3. The first-order valence-electron chi connectivity index (χ1n) is 12.5. The first-order valence-corrected chi connectivity index (χ1v) is 12.9. The molecule has 0 aliphatic heterocycles. The normalized spacial score (nSPS) is 11.4. The second-order valence-electron chi connectivity index (χ2n) is 9.28. The Morgan fingerprint density at radius 3 is 1.66 bits per heavy atom. The second-order valence-corrected chi connectivity index (χ2v) is 9.72. The highest BCUT2D eigenvalue weighted by Crippen LogP contribution is 2.43. The lowest BCUT2D eigenvalue weighted by atomic mass is 9.77. The maximum atomic E-state index is 6.59. The monoisotopic (exact) mass is 512 g/mol. The van der Waals surface area contributed by atoms with Gasteiger partial charge in [0.05, 0.1) is 0 Å². The summed E-state index contributed by atoms with van der Waals surface area (Å²) in [5, 5.41) is 14.2. The highest BCUT2D eigenvalue weighted by atomic mass is 35.5. The molecule has 1 heterocycles. The minimum absolute atomic E-state index is 0.621. The lowest BCUT2D eigenvalue weighted by Gasteiger charge is -2.36. The zero-order valence-corrected chi connectivity index (χ0v) is 21.6. The van der Waals surface area contributed by atoms with Crippen molar-refractivity contribution in [3.8, 4) is 22.5 Å². The quantitative estimate of drug-likeness (QED) is 0.214. The molecule has 5 heteroatoms. The van der Waals surface area contributed by atoms with Gasteiger partial charge in [-0.1, -0.05) is 138 Å². The molecule has 5 aromatic carbocycles. The fraction of sp³-hybridized carbons (Fsp3) is 0.0606. The molecule has 0 fully saturated rings. The van der Waals surface area contributed by atoms with Crippen LogP contribution in [0.4, 0.5) is 0 Å². The molecule has 0 atom stereocenters. The maximum Gasteiger partial charge on any atom is 0.184 e. The molecule has 0 N–H and O–H groups in total. The van der Waals surface area contributed by atoms with Crippen molar-refractivity contribution in [2.24, 2.45) is 0 Å². The average Bonchev–Trinajstić information content (AvgIpc) is 3.46. The first kappa shape index (κ1) is 23.8. The van der Waals surface area contributed by atoms with Gasteiger partial charge >= 0.3 is 0 Å². The van der Waals surface area contributed by atoms with Crippen LogP contribution in [0.25, 0.3) is 22.5 Å². The number of aromatic nitrogens is 4. The van der Waals surface area contributed by atoms with Crippen molar-refractivity contribution in [1.29, 1.82) is 0 Å². The predicted molar refractivity (Wildman–Crippen MR) is 153 cm³/mol. The van der Waals surface area contributed by atoms with Gasteiger partial charge in [-0.15, -0.1) is 5.10 Å². The third-order valence-electron chi connectivity index (χ3n) is 6.95. The lowest BCUT2D eigenvalue weighted by molar-refractivity contribution is 0.451. The van der Waals surface area contributed by atoms with Crippen molar-refractivity contribution < 1.29 is 0 Å². The van der Waals surface area contributed by atoms with Crippen LogP contribution in [0.5, 0.6) is 0 Å². The lowest BCUT2D eigenvalue weighted by Crippen LogP contribution is -2.39. The fourth-order valence-corrected chi connectivity index (χ4v) is 5.34. The van der Waals surface area contributed by atoms with Gasteiger partial charge in [-0.2, -0.15) is 0 Å². The second kappa shape index (κ2) is 10.1. The number of nitrogens with zero attached hydrogens (tertiary/aromatic N) is 4. The summed E-state index contributed by atoms with van der Waals surface area (Å²) in [5.41, 5.74) is 6.44. The topological polar surface area (TPSA) is 43.6 Å². The summed E-state index contributed by atoms with van der Waals surface area (Å²) in [7, 11) is 0. The summed E-state index contributed by atoms with van der Waals surface area (Å²) in [5.74, 6) is 0.625. The molecule has 1 aromatic heterocycles. The summed E-state index contributed by atoms with van der Waals surface area (Å²) in [4.78, 5) is 0. The molecule has 0 saturated heterocycles. The molecule has 0 unspecified atom stereocenters. The van der Waals surface area contributed by atoms with E-state index in [4.69, 9.17) is 11.6 Å². The van der Waals surface area contributed by atoms with Crippen LogP contribution < -0.4 is 0 Å². The summed E-state index contributed by atoms with van der Waals surface area (Å²) in [6.45, 7) is 2.08. The van der Waals surface area contributed by atoms with Crippen LogP contribution in [0, 0.1) is 6.92 Å². The number of aryl methyl sites for hydroxylation is 1. The van der Waals surface area contributed by atoms with Crippen LogP contribution >= 0.6 is 11.6 Å². The summed E-state index contributed by atoms with van der Waals surface area (Å²) in [6.07, 6.45) is 0. The number of benzene rings is 5. The maximum absolute atomic E-state index is 6.59. The van der Waals surface area contributed by atoms with E-state index in [1.807, 2.05) is 41.1 Å². The molecule has 0 spiro atoms. The first-order chi connectivity index (χ1) is 18.7. The van der Waals surface area contributed by atoms with E-state index in [0.717, 1.165) is 33.4 Å². The van der Waals surface area contributed by atoms with Crippen molar-refractivity contribution in [3.05, 3.63) is 161 Å². The Kier molecular flexibility index (Phi) is 6.32. The highest BCUT2D eigenvalue weighted by Gasteiger charge is 2.42. The molecule has 4 nitrogen and oxygen atoms in total. The van der Waals surface area contributed by atoms with E-state index < -0.39 is 5.54 Å². The van der Waals surface area contributed by atoms with E-state index >= 15 is 0 Å². The van der Waals surface area contributed by atoms with E-state index in [1.165, 1.54) is 5.56 Å². The minimum Gasteiger partial charge on any atom is -0.205 e. The van der Waals surface area contributed by atoms with Gasteiger partial charge in [-0.3, -0.25) is 0 Å². The number of tetrazole rings is 1. The molecule has 0 amide bonds. The van der Waals surface area contributed by atoms with Gasteiger partial charge in [0.2, 0.25) is 0 Å². The van der Waals surface area contributed by atoms with Crippen LogP contribution in [0.1, 0.15) is 22.3 Å². The van der Waals surface area contributed by atoms with Gasteiger partial charge in [-0.25, -0.2) is 4.68 Å². The van der Waals surface area contributed by atoms with Gasteiger partial charge in [0.1, 0.15) is 5.54 Å². The molecule has 0 bridgehead atoms. The van der Waals surface area contributed by atoms with E-state index in [-0.39, 0.29) is 0 Å². The average molecular weight is 513 g/mol. The largest absolute Gasteiger partial charge is 0.205 e. The highest BCUT2D eigenvalue weighted by molar-refractivity contribution is 6.31. The van der Waals surface area contributed by atoms with Crippen molar-refractivity contribution >= 4 is 11.6 Å². The van der Waals surface area contributed by atoms with Gasteiger partial charge in [-0.05, 0) is 57.3 Å².